The maximum atomic E-state index is 12.1. The monoisotopic (exact) mass is 355 g/mol. The van der Waals surface area contributed by atoms with Crippen molar-refractivity contribution in [3.8, 4) is 5.75 Å². The van der Waals surface area contributed by atoms with E-state index in [9.17, 15) is 14.7 Å². The number of nitrogens with one attached hydrogen (secondary N) is 1. The molecule has 0 aliphatic heterocycles. The number of carboxylic acid groups (broad SMARTS) is 1. The fourth-order valence-corrected chi connectivity index (χ4v) is 2.66. The second kappa shape index (κ2) is 9.61. The molecule has 0 radical (unpaired) electrons. The highest BCUT2D eigenvalue weighted by atomic mass is 16.5. The molecule has 0 aliphatic carbocycles. The summed E-state index contributed by atoms with van der Waals surface area (Å²) in [5.74, 6) is -0.295. The fraction of sp³-hybridized carbons (Fsp3) is 0.333. The predicted octanol–water partition coefficient (Wildman–Crippen LogP) is 3.60. The van der Waals surface area contributed by atoms with Crippen LogP contribution in [0.2, 0.25) is 0 Å². The van der Waals surface area contributed by atoms with Crippen LogP contribution in [0.3, 0.4) is 0 Å². The van der Waals surface area contributed by atoms with Crippen LogP contribution in [-0.4, -0.2) is 29.6 Å². The maximum Gasteiger partial charge on any atom is 0.335 e. The van der Waals surface area contributed by atoms with Crippen molar-refractivity contribution in [3.63, 3.8) is 0 Å². The minimum Gasteiger partial charge on any atom is -0.489 e. The number of amides is 1. The van der Waals surface area contributed by atoms with Crippen molar-refractivity contribution in [2.24, 2.45) is 0 Å². The van der Waals surface area contributed by atoms with E-state index >= 15 is 0 Å². The van der Waals surface area contributed by atoms with Gasteiger partial charge in [0.1, 0.15) is 11.9 Å². The molecule has 0 saturated carbocycles. The summed E-state index contributed by atoms with van der Waals surface area (Å²) in [6.07, 6.45) is 1.30. The van der Waals surface area contributed by atoms with Crippen LogP contribution in [0.5, 0.6) is 5.75 Å². The molecule has 138 valence electrons. The number of ether oxygens (including phenoxy) is 1. The van der Waals surface area contributed by atoms with Gasteiger partial charge in [0.25, 0.3) is 0 Å². The van der Waals surface area contributed by atoms with Crippen LogP contribution in [-0.2, 0) is 11.2 Å². The average molecular weight is 355 g/mol. The Kier molecular flexibility index (Phi) is 7.21. The summed E-state index contributed by atoms with van der Waals surface area (Å²) in [4.78, 5) is 23.3. The summed E-state index contributed by atoms with van der Waals surface area (Å²) in [6.45, 7) is 4.43. The van der Waals surface area contributed by atoms with E-state index in [1.165, 1.54) is 0 Å². The number of benzene rings is 2. The highest BCUT2D eigenvalue weighted by Crippen LogP contribution is 2.15. The highest BCUT2D eigenvalue weighted by Gasteiger charge is 2.13. The van der Waals surface area contributed by atoms with Gasteiger partial charge in [-0.25, -0.2) is 4.79 Å². The Labute approximate surface area is 154 Å². The Morgan fingerprint density at radius 1 is 1.15 bits per heavy atom. The molecule has 2 aromatic carbocycles. The van der Waals surface area contributed by atoms with E-state index in [1.807, 2.05) is 38.1 Å². The van der Waals surface area contributed by atoms with Crippen molar-refractivity contribution in [2.75, 3.05) is 6.54 Å². The summed E-state index contributed by atoms with van der Waals surface area (Å²) in [6, 6.07) is 14.6. The molecule has 1 atom stereocenters. The van der Waals surface area contributed by atoms with Crippen molar-refractivity contribution < 1.29 is 19.4 Å². The van der Waals surface area contributed by atoms with E-state index in [1.54, 1.807) is 24.3 Å². The van der Waals surface area contributed by atoms with E-state index in [0.717, 1.165) is 17.7 Å². The first kappa shape index (κ1) is 19.5. The largest absolute Gasteiger partial charge is 0.489 e. The van der Waals surface area contributed by atoms with Crippen molar-refractivity contribution in [1.29, 1.82) is 0 Å². The first-order valence-corrected chi connectivity index (χ1v) is 8.80. The van der Waals surface area contributed by atoms with Crippen LogP contribution in [0, 0.1) is 6.92 Å². The molecule has 2 N–H and O–H groups in total. The normalized spacial score (nSPS) is 11.6. The number of carbonyl (C=O) groups excluding carboxylic acids is 1. The summed E-state index contributed by atoms with van der Waals surface area (Å²) < 4.78 is 5.92. The molecule has 1 amide bonds. The summed E-state index contributed by atoms with van der Waals surface area (Å²) in [5, 5.41) is 12.1. The Balaban J connectivity index is 1.83. The van der Waals surface area contributed by atoms with Gasteiger partial charge in [-0.3, -0.25) is 4.79 Å². The molecule has 5 nitrogen and oxygen atoms in total. The van der Waals surface area contributed by atoms with E-state index in [-0.39, 0.29) is 24.0 Å². The van der Waals surface area contributed by atoms with E-state index < -0.39 is 5.97 Å². The average Bonchev–Trinajstić information content (AvgIpc) is 2.63. The number of aromatic carboxylic acids is 1. The molecular formula is C21H25NO4. The van der Waals surface area contributed by atoms with Gasteiger partial charge in [0, 0.05) is 6.42 Å². The molecule has 2 aromatic rings. The zero-order chi connectivity index (χ0) is 18.9. The van der Waals surface area contributed by atoms with E-state index in [2.05, 4.69) is 5.32 Å². The van der Waals surface area contributed by atoms with Gasteiger partial charge >= 0.3 is 5.97 Å². The van der Waals surface area contributed by atoms with Crippen molar-refractivity contribution in [3.05, 3.63) is 65.2 Å². The zero-order valence-corrected chi connectivity index (χ0v) is 15.2. The SMILES string of the molecule is CCC(CNC(=O)CCc1ccccc1C(=O)O)Oc1cccc(C)c1. The quantitative estimate of drug-likeness (QED) is 0.721. The van der Waals surface area contributed by atoms with E-state index in [4.69, 9.17) is 4.74 Å². The van der Waals surface area contributed by atoms with Gasteiger partial charge in [-0.2, -0.15) is 0 Å². The third-order valence-electron chi connectivity index (χ3n) is 4.14. The molecule has 0 fully saturated rings. The molecule has 0 bridgehead atoms. The van der Waals surface area contributed by atoms with Crippen LogP contribution in [0.25, 0.3) is 0 Å². The lowest BCUT2D eigenvalue weighted by atomic mass is 10.0. The van der Waals surface area contributed by atoms with Crippen LogP contribution in [0.1, 0.15) is 41.3 Å². The smallest absolute Gasteiger partial charge is 0.335 e. The van der Waals surface area contributed by atoms with Gasteiger partial charge in [0.05, 0.1) is 12.1 Å². The third kappa shape index (κ3) is 5.92. The van der Waals surface area contributed by atoms with Crippen molar-refractivity contribution in [2.45, 2.75) is 39.2 Å². The van der Waals surface area contributed by atoms with Gasteiger partial charge in [-0.1, -0.05) is 37.3 Å². The minimum absolute atomic E-state index is 0.105. The van der Waals surface area contributed by atoms with Crippen LogP contribution >= 0.6 is 0 Å². The van der Waals surface area contributed by atoms with Gasteiger partial charge in [0.15, 0.2) is 0 Å². The Bertz CT molecular complexity index is 757. The molecule has 5 heteroatoms. The van der Waals surface area contributed by atoms with Crippen molar-refractivity contribution in [1.82, 2.24) is 5.32 Å². The number of aryl methyl sites for hydroxylation is 2. The second-order valence-corrected chi connectivity index (χ2v) is 6.23. The second-order valence-electron chi connectivity index (χ2n) is 6.23. The van der Waals surface area contributed by atoms with Crippen LogP contribution in [0.15, 0.2) is 48.5 Å². The lowest BCUT2D eigenvalue weighted by molar-refractivity contribution is -0.121. The lowest BCUT2D eigenvalue weighted by Gasteiger charge is -2.18. The number of rotatable bonds is 9. The molecule has 0 saturated heterocycles. The van der Waals surface area contributed by atoms with E-state index in [0.29, 0.717) is 18.5 Å². The topological polar surface area (TPSA) is 75.6 Å². The first-order valence-electron chi connectivity index (χ1n) is 8.80. The number of hydrogen-bond acceptors (Lipinski definition) is 3. The fourth-order valence-electron chi connectivity index (χ4n) is 2.66. The predicted molar refractivity (Wildman–Crippen MR) is 101 cm³/mol. The Morgan fingerprint density at radius 2 is 1.92 bits per heavy atom. The van der Waals surface area contributed by atoms with Gasteiger partial charge < -0.3 is 15.2 Å². The zero-order valence-electron chi connectivity index (χ0n) is 15.2. The van der Waals surface area contributed by atoms with Crippen LogP contribution in [0.4, 0.5) is 0 Å². The number of carbonyl (C=O) groups is 2. The number of hydrogen-bond donors (Lipinski definition) is 2. The van der Waals surface area contributed by atoms with Crippen LogP contribution < -0.4 is 10.1 Å². The highest BCUT2D eigenvalue weighted by molar-refractivity contribution is 5.89. The van der Waals surface area contributed by atoms with Gasteiger partial charge in [-0.15, -0.1) is 0 Å². The first-order chi connectivity index (χ1) is 12.5. The lowest BCUT2D eigenvalue weighted by Crippen LogP contribution is -2.35. The summed E-state index contributed by atoms with van der Waals surface area (Å²) in [5.41, 5.74) is 2.03. The standard InChI is InChI=1S/C21H25NO4/c1-3-17(26-18-9-6-7-15(2)13-18)14-22-20(23)12-11-16-8-4-5-10-19(16)21(24)25/h4-10,13,17H,3,11-12,14H2,1-2H3,(H,22,23)(H,24,25). The maximum absolute atomic E-state index is 12.1. The Morgan fingerprint density at radius 3 is 2.62 bits per heavy atom. The summed E-state index contributed by atoms with van der Waals surface area (Å²) >= 11 is 0. The molecule has 0 aromatic heterocycles. The molecular weight excluding hydrogens is 330 g/mol. The third-order valence-corrected chi connectivity index (χ3v) is 4.14. The molecule has 26 heavy (non-hydrogen) atoms. The van der Waals surface area contributed by atoms with Gasteiger partial charge in [-0.05, 0) is 49.1 Å². The van der Waals surface area contributed by atoms with Crippen molar-refractivity contribution >= 4 is 11.9 Å². The molecule has 1 unspecified atom stereocenters. The molecule has 2 rings (SSSR count). The summed E-state index contributed by atoms with van der Waals surface area (Å²) in [7, 11) is 0. The molecule has 0 spiro atoms. The molecule has 0 aliphatic rings. The minimum atomic E-state index is -0.974. The van der Waals surface area contributed by atoms with Gasteiger partial charge in [0.2, 0.25) is 5.91 Å². The Hall–Kier alpha value is -2.82. The number of carboxylic acids is 1. The molecule has 0 heterocycles.